The van der Waals surface area contributed by atoms with E-state index in [4.69, 9.17) is 10.7 Å². The highest BCUT2D eigenvalue weighted by Gasteiger charge is 2.20. The number of hydrogen-bond donors (Lipinski definition) is 2. The third kappa shape index (κ3) is 4.31. The number of rotatable bonds is 6. The molecule has 0 spiro atoms. The molecule has 8 nitrogen and oxygen atoms in total. The molecule has 0 saturated heterocycles. The number of pyridine rings is 2. The van der Waals surface area contributed by atoms with Gasteiger partial charge >= 0.3 is 0 Å². The maximum absolute atomic E-state index is 12.8. The van der Waals surface area contributed by atoms with Gasteiger partial charge in [0, 0.05) is 29.5 Å². The molecule has 5 heterocycles. The molecule has 1 amide bonds. The lowest BCUT2D eigenvalue weighted by Gasteiger charge is -2.08. The summed E-state index contributed by atoms with van der Waals surface area (Å²) in [6.07, 6.45) is 4.17. The minimum absolute atomic E-state index is 0.148. The lowest BCUT2D eigenvalue weighted by atomic mass is 10.1. The predicted molar refractivity (Wildman–Crippen MR) is 129 cm³/mol. The monoisotopic (exact) mass is 455 g/mol. The number of aromatic nitrogens is 5. The van der Waals surface area contributed by atoms with Crippen LogP contribution in [0.5, 0.6) is 0 Å². The van der Waals surface area contributed by atoms with Gasteiger partial charge in [-0.1, -0.05) is 12.1 Å². The van der Waals surface area contributed by atoms with Crippen molar-refractivity contribution < 1.29 is 4.79 Å². The Bertz CT molecular complexity index is 1440. The molecule has 33 heavy (non-hydrogen) atoms. The van der Waals surface area contributed by atoms with E-state index >= 15 is 0 Å². The van der Waals surface area contributed by atoms with Crippen LogP contribution < -0.4 is 11.1 Å². The van der Waals surface area contributed by atoms with Crippen molar-refractivity contribution in [3.63, 3.8) is 0 Å². The molecule has 0 radical (unpaired) electrons. The number of nitrogens with zero attached hydrogens (tertiary/aromatic N) is 5. The Hall–Kier alpha value is -4.11. The number of fused-ring (bicyclic) bond motifs is 1. The molecule has 0 unspecified atom stereocenters. The highest BCUT2D eigenvalue weighted by Crippen LogP contribution is 2.31. The van der Waals surface area contributed by atoms with E-state index in [0.717, 1.165) is 12.1 Å². The first-order valence-electron chi connectivity index (χ1n) is 10.4. The largest absolute Gasteiger partial charge is 0.368 e. The molecule has 0 bridgehead atoms. The average Bonchev–Trinajstić information content (AvgIpc) is 3.46. The van der Waals surface area contributed by atoms with Crippen LogP contribution in [-0.2, 0) is 6.42 Å². The smallest absolute Gasteiger partial charge is 0.252 e. The van der Waals surface area contributed by atoms with E-state index in [1.165, 1.54) is 4.88 Å². The van der Waals surface area contributed by atoms with Crippen LogP contribution in [-0.4, -0.2) is 36.8 Å². The number of carbonyl (C=O) groups excluding carboxylic acids is 1. The first-order chi connectivity index (χ1) is 16.1. The Morgan fingerprint density at radius 1 is 1.06 bits per heavy atom. The number of nitrogens with two attached hydrogens (primary N) is 1. The lowest BCUT2D eigenvalue weighted by molar-refractivity contribution is 0.0954. The van der Waals surface area contributed by atoms with Crippen molar-refractivity contribution in [2.24, 2.45) is 0 Å². The maximum atomic E-state index is 12.8. The number of anilines is 1. The van der Waals surface area contributed by atoms with E-state index in [2.05, 4.69) is 26.3 Å². The zero-order valence-electron chi connectivity index (χ0n) is 17.9. The Morgan fingerprint density at radius 3 is 2.76 bits per heavy atom. The van der Waals surface area contributed by atoms with Gasteiger partial charge in [0.25, 0.3) is 5.91 Å². The summed E-state index contributed by atoms with van der Waals surface area (Å²) in [7, 11) is 0. The lowest BCUT2D eigenvalue weighted by Crippen LogP contribution is -2.25. The number of imidazole rings is 1. The molecular weight excluding hydrogens is 434 g/mol. The standard InChI is InChI=1S/C24H21N7OS/c1-15-4-2-6-18(28-15)21-22(19-10-12-27-24(25)29-19)31-14-16(7-8-20(31)30-21)23(32)26-11-9-17-5-3-13-33-17/h2-8,10,12-14H,9,11H2,1H3,(H,26,32)(H2,25,27,29). The van der Waals surface area contributed by atoms with E-state index in [1.807, 2.05) is 47.0 Å². The summed E-state index contributed by atoms with van der Waals surface area (Å²) < 4.78 is 1.86. The van der Waals surface area contributed by atoms with Gasteiger partial charge < -0.3 is 11.1 Å². The van der Waals surface area contributed by atoms with Crippen molar-refractivity contribution in [2.75, 3.05) is 12.3 Å². The SMILES string of the molecule is Cc1cccc(-c2nc3ccc(C(=O)NCCc4cccs4)cn3c2-c2ccnc(N)n2)n1. The highest BCUT2D eigenvalue weighted by molar-refractivity contribution is 7.09. The molecular formula is C24H21N7OS. The topological polar surface area (TPSA) is 111 Å². The van der Waals surface area contributed by atoms with Crippen molar-refractivity contribution in [3.05, 3.63) is 82.4 Å². The third-order valence-electron chi connectivity index (χ3n) is 5.17. The van der Waals surface area contributed by atoms with Gasteiger partial charge in [-0.25, -0.2) is 15.0 Å². The van der Waals surface area contributed by atoms with E-state index in [1.54, 1.807) is 35.9 Å². The zero-order chi connectivity index (χ0) is 22.8. The second-order valence-electron chi connectivity index (χ2n) is 7.50. The number of carbonyl (C=O) groups is 1. The Labute approximate surface area is 194 Å². The molecule has 0 aliphatic rings. The predicted octanol–water partition coefficient (Wildman–Crippen LogP) is 3.78. The van der Waals surface area contributed by atoms with Crippen molar-refractivity contribution in [1.82, 2.24) is 29.7 Å². The van der Waals surface area contributed by atoms with Crippen LogP contribution in [0.25, 0.3) is 28.4 Å². The normalized spacial score (nSPS) is 11.1. The fourth-order valence-electron chi connectivity index (χ4n) is 3.64. The highest BCUT2D eigenvalue weighted by atomic mass is 32.1. The molecule has 0 atom stereocenters. The molecule has 5 rings (SSSR count). The number of nitrogens with one attached hydrogen (secondary N) is 1. The van der Waals surface area contributed by atoms with Gasteiger partial charge in [0.1, 0.15) is 17.0 Å². The third-order valence-corrected chi connectivity index (χ3v) is 6.10. The zero-order valence-corrected chi connectivity index (χ0v) is 18.7. The summed E-state index contributed by atoms with van der Waals surface area (Å²) in [6, 6.07) is 15.2. The summed E-state index contributed by atoms with van der Waals surface area (Å²) in [6.45, 7) is 2.50. The fraction of sp³-hybridized carbons (Fsp3) is 0.125. The summed E-state index contributed by atoms with van der Waals surface area (Å²) in [5.41, 5.74) is 10.6. The van der Waals surface area contributed by atoms with Gasteiger partial charge in [0.05, 0.1) is 17.0 Å². The van der Waals surface area contributed by atoms with Crippen molar-refractivity contribution >= 4 is 28.8 Å². The van der Waals surface area contributed by atoms with Gasteiger partial charge in [-0.2, -0.15) is 0 Å². The van der Waals surface area contributed by atoms with Crippen LogP contribution in [0.15, 0.2) is 66.3 Å². The Balaban J connectivity index is 1.56. The molecule has 5 aromatic heterocycles. The number of nitrogen functional groups attached to an aromatic ring is 1. The molecule has 0 aliphatic heterocycles. The summed E-state index contributed by atoms with van der Waals surface area (Å²) >= 11 is 1.68. The van der Waals surface area contributed by atoms with Gasteiger partial charge in [-0.15, -0.1) is 11.3 Å². The van der Waals surface area contributed by atoms with Gasteiger partial charge in [0.15, 0.2) is 0 Å². The van der Waals surface area contributed by atoms with E-state index in [9.17, 15) is 4.79 Å². The van der Waals surface area contributed by atoms with Crippen molar-refractivity contribution in [3.8, 4) is 22.8 Å². The first kappa shape index (κ1) is 20.8. The summed E-state index contributed by atoms with van der Waals surface area (Å²) in [5, 5.41) is 5.03. The number of amides is 1. The minimum atomic E-state index is -0.148. The molecule has 0 aliphatic carbocycles. The van der Waals surface area contributed by atoms with Crippen LogP contribution in [0.2, 0.25) is 0 Å². The second-order valence-corrected chi connectivity index (χ2v) is 8.54. The van der Waals surface area contributed by atoms with E-state index < -0.39 is 0 Å². The molecule has 0 saturated carbocycles. The van der Waals surface area contributed by atoms with E-state index in [-0.39, 0.29) is 11.9 Å². The number of aryl methyl sites for hydroxylation is 1. The summed E-state index contributed by atoms with van der Waals surface area (Å²) in [5.74, 6) is 0.0126. The Kier molecular flexibility index (Phi) is 5.54. The van der Waals surface area contributed by atoms with E-state index in [0.29, 0.717) is 40.5 Å². The van der Waals surface area contributed by atoms with Crippen LogP contribution >= 0.6 is 11.3 Å². The van der Waals surface area contributed by atoms with Crippen LogP contribution in [0.3, 0.4) is 0 Å². The number of thiophene rings is 1. The molecule has 0 aromatic carbocycles. The molecule has 0 fully saturated rings. The Morgan fingerprint density at radius 2 is 1.97 bits per heavy atom. The minimum Gasteiger partial charge on any atom is -0.368 e. The van der Waals surface area contributed by atoms with Gasteiger partial charge in [-0.05, 0) is 55.1 Å². The van der Waals surface area contributed by atoms with Crippen molar-refractivity contribution in [2.45, 2.75) is 13.3 Å². The van der Waals surface area contributed by atoms with Gasteiger partial charge in [-0.3, -0.25) is 14.2 Å². The van der Waals surface area contributed by atoms with Crippen molar-refractivity contribution in [1.29, 1.82) is 0 Å². The average molecular weight is 456 g/mol. The fourth-order valence-corrected chi connectivity index (χ4v) is 4.35. The second kappa shape index (κ2) is 8.79. The molecule has 3 N–H and O–H groups in total. The maximum Gasteiger partial charge on any atom is 0.252 e. The number of hydrogen-bond acceptors (Lipinski definition) is 7. The molecule has 5 aromatic rings. The molecule has 164 valence electrons. The van der Waals surface area contributed by atoms with Gasteiger partial charge in [0.2, 0.25) is 5.95 Å². The van der Waals surface area contributed by atoms with Crippen LogP contribution in [0, 0.1) is 6.92 Å². The first-order valence-corrected chi connectivity index (χ1v) is 11.3. The molecule has 9 heteroatoms. The summed E-state index contributed by atoms with van der Waals surface area (Å²) in [4.78, 5) is 31.9. The van der Waals surface area contributed by atoms with Crippen LogP contribution in [0.4, 0.5) is 5.95 Å². The van der Waals surface area contributed by atoms with Crippen LogP contribution in [0.1, 0.15) is 20.9 Å². The quantitative estimate of drug-likeness (QED) is 0.403.